The van der Waals surface area contributed by atoms with Crippen LogP contribution in [-0.4, -0.2) is 23.5 Å². The van der Waals surface area contributed by atoms with Gasteiger partial charge in [0, 0.05) is 16.9 Å². The molecule has 0 bridgehead atoms. The third-order valence-corrected chi connectivity index (χ3v) is 6.65. The first-order valence-electron chi connectivity index (χ1n) is 10.3. The van der Waals surface area contributed by atoms with E-state index in [9.17, 15) is 4.55 Å². The molecular weight excluding hydrogens is 406 g/mol. The van der Waals surface area contributed by atoms with Crippen LogP contribution in [0.4, 0.5) is 0 Å². The summed E-state index contributed by atoms with van der Waals surface area (Å²) in [7, 11) is 3.34. The van der Waals surface area contributed by atoms with Crippen LogP contribution < -0.4 is 14.2 Å². The van der Waals surface area contributed by atoms with Gasteiger partial charge < -0.3 is 14.0 Å². The van der Waals surface area contributed by atoms with Crippen LogP contribution in [-0.2, 0) is 17.8 Å². The predicted molar refractivity (Wildman–Crippen MR) is 128 cm³/mol. The highest BCUT2D eigenvalue weighted by molar-refractivity contribution is 7.90. The van der Waals surface area contributed by atoms with Crippen molar-refractivity contribution in [3.63, 3.8) is 0 Å². The molecule has 2 atom stereocenters. The first-order valence-corrected chi connectivity index (χ1v) is 11.5. The number of methoxy groups -OCH3 is 2. The zero-order valence-corrected chi connectivity index (χ0v) is 19.7. The Balaban J connectivity index is 1.99. The van der Waals surface area contributed by atoms with Gasteiger partial charge in [0.05, 0.1) is 14.2 Å². The van der Waals surface area contributed by atoms with Gasteiger partial charge in [0.25, 0.3) is 0 Å². The first-order chi connectivity index (χ1) is 14.8. The van der Waals surface area contributed by atoms with Gasteiger partial charge in [-0.1, -0.05) is 48.5 Å². The Bertz CT molecular complexity index is 968. The third kappa shape index (κ3) is 6.03. The fourth-order valence-electron chi connectivity index (χ4n) is 3.34. The lowest BCUT2D eigenvalue weighted by molar-refractivity contribution is 0.406. The zero-order chi connectivity index (χ0) is 22.4. The molecule has 0 aliphatic carbocycles. The molecule has 0 aliphatic heterocycles. The van der Waals surface area contributed by atoms with Crippen LogP contribution in [0, 0.1) is 0 Å². The standard InChI is InChI=1S/C26H31NO3S/c1-26(2,3)31(28)27-25(21-9-7-6-8-10-21)23-18-20(13-16-24(23)30-5)17-19-11-14-22(29-4)15-12-19/h6-16,18,25,27H,17H2,1-5H3. The Morgan fingerprint density at radius 1 is 0.871 bits per heavy atom. The molecule has 0 saturated heterocycles. The number of hydrogen-bond donors (Lipinski definition) is 1. The molecule has 1 N–H and O–H groups in total. The van der Waals surface area contributed by atoms with Gasteiger partial charge in [-0.05, 0) is 68.1 Å². The van der Waals surface area contributed by atoms with Crippen molar-refractivity contribution in [3.05, 3.63) is 95.1 Å². The molecule has 5 heteroatoms. The summed E-state index contributed by atoms with van der Waals surface area (Å²) in [5.41, 5.74) is 4.36. The smallest absolute Gasteiger partial charge is 0.136 e. The summed E-state index contributed by atoms with van der Waals surface area (Å²) < 4.78 is 26.9. The second-order valence-corrected chi connectivity index (χ2v) is 10.4. The third-order valence-electron chi connectivity index (χ3n) is 5.09. The fraction of sp³-hybridized carbons (Fsp3) is 0.308. The summed E-state index contributed by atoms with van der Waals surface area (Å²) in [6.07, 6.45) is 0.783. The molecule has 164 valence electrons. The summed E-state index contributed by atoms with van der Waals surface area (Å²) in [5.74, 6) is 1.61. The van der Waals surface area contributed by atoms with Crippen LogP contribution in [0.25, 0.3) is 0 Å². The zero-order valence-electron chi connectivity index (χ0n) is 18.8. The van der Waals surface area contributed by atoms with E-state index in [1.54, 1.807) is 14.2 Å². The Hall–Kier alpha value is -2.47. The Labute approximate surface area is 188 Å². The SMILES string of the molecule is COc1ccc(Cc2ccc(OC)c(C(N[S+]([O-])C(C)(C)C)c3ccccc3)c2)cc1. The van der Waals surface area contributed by atoms with Crippen molar-refractivity contribution in [1.82, 2.24) is 4.72 Å². The first kappa shape index (κ1) is 23.2. The van der Waals surface area contributed by atoms with E-state index in [2.05, 4.69) is 29.0 Å². The molecule has 0 amide bonds. The summed E-state index contributed by atoms with van der Waals surface area (Å²) in [5, 5.41) is 0. The summed E-state index contributed by atoms with van der Waals surface area (Å²) >= 11 is -1.25. The van der Waals surface area contributed by atoms with Gasteiger partial charge in [-0.2, -0.15) is 0 Å². The van der Waals surface area contributed by atoms with Crippen molar-refractivity contribution in [2.75, 3.05) is 14.2 Å². The average Bonchev–Trinajstić information content (AvgIpc) is 2.77. The van der Waals surface area contributed by atoms with Gasteiger partial charge in [-0.25, -0.2) is 0 Å². The lowest BCUT2D eigenvalue weighted by Crippen LogP contribution is -2.41. The van der Waals surface area contributed by atoms with Crippen molar-refractivity contribution in [2.24, 2.45) is 0 Å². The lowest BCUT2D eigenvalue weighted by atomic mass is 9.95. The van der Waals surface area contributed by atoms with E-state index < -0.39 is 11.4 Å². The molecule has 0 fully saturated rings. The van der Waals surface area contributed by atoms with Crippen LogP contribution in [0.5, 0.6) is 11.5 Å². The maximum absolute atomic E-state index is 13.0. The van der Waals surface area contributed by atoms with Crippen LogP contribution >= 0.6 is 0 Å². The highest BCUT2D eigenvalue weighted by Gasteiger charge is 2.31. The van der Waals surface area contributed by atoms with Crippen molar-refractivity contribution in [1.29, 1.82) is 0 Å². The molecule has 0 radical (unpaired) electrons. The van der Waals surface area contributed by atoms with Gasteiger partial charge in [0.1, 0.15) is 22.3 Å². The minimum atomic E-state index is -1.25. The molecule has 4 nitrogen and oxygen atoms in total. The quantitative estimate of drug-likeness (QED) is 0.477. The Morgan fingerprint density at radius 2 is 1.52 bits per heavy atom. The molecule has 31 heavy (non-hydrogen) atoms. The monoisotopic (exact) mass is 437 g/mol. The van der Waals surface area contributed by atoms with Crippen LogP contribution in [0.15, 0.2) is 72.8 Å². The second-order valence-electron chi connectivity index (χ2n) is 8.44. The molecule has 3 aromatic rings. The second kappa shape index (κ2) is 10.2. The molecule has 0 spiro atoms. The van der Waals surface area contributed by atoms with Crippen molar-refractivity contribution in [2.45, 2.75) is 38.0 Å². The van der Waals surface area contributed by atoms with Gasteiger partial charge in [0.2, 0.25) is 0 Å². The lowest BCUT2D eigenvalue weighted by Gasteiger charge is -2.29. The molecule has 3 rings (SSSR count). The van der Waals surface area contributed by atoms with Crippen LogP contribution in [0.2, 0.25) is 0 Å². The molecule has 0 heterocycles. The van der Waals surface area contributed by atoms with E-state index in [0.717, 1.165) is 34.6 Å². The van der Waals surface area contributed by atoms with Gasteiger partial charge in [-0.15, -0.1) is 4.72 Å². The minimum absolute atomic E-state index is 0.257. The number of ether oxygens (including phenoxy) is 2. The van der Waals surface area contributed by atoms with Crippen LogP contribution in [0.1, 0.15) is 49.1 Å². The molecule has 2 unspecified atom stereocenters. The number of hydrogen-bond acceptors (Lipinski definition) is 4. The Kier molecular flexibility index (Phi) is 7.65. The van der Waals surface area contributed by atoms with E-state index in [1.807, 2.05) is 69.3 Å². The van der Waals surface area contributed by atoms with E-state index in [-0.39, 0.29) is 10.8 Å². The summed E-state index contributed by atoms with van der Waals surface area (Å²) in [6, 6.07) is 24.1. The molecule has 3 aromatic carbocycles. The highest BCUT2D eigenvalue weighted by atomic mass is 32.2. The van der Waals surface area contributed by atoms with Crippen LogP contribution in [0.3, 0.4) is 0 Å². The van der Waals surface area contributed by atoms with E-state index in [1.165, 1.54) is 5.56 Å². The predicted octanol–water partition coefficient (Wildman–Crippen LogP) is 5.44. The highest BCUT2D eigenvalue weighted by Crippen LogP contribution is 2.33. The molecular formula is C26H31NO3S. The minimum Gasteiger partial charge on any atom is -0.598 e. The van der Waals surface area contributed by atoms with Gasteiger partial charge >= 0.3 is 0 Å². The van der Waals surface area contributed by atoms with Gasteiger partial charge in [0.15, 0.2) is 0 Å². The molecule has 0 aromatic heterocycles. The van der Waals surface area contributed by atoms with E-state index in [0.29, 0.717) is 0 Å². The Morgan fingerprint density at radius 3 is 2.10 bits per heavy atom. The number of benzene rings is 3. The normalized spacial score (nSPS) is 13.5. The van der Waals surface area contributed by atoms with Gasteiger partial charge in [-0.3, -0.25) is 0 Å². The van der Waals surface area contributed by atoms with Crippen molar-refractivity contribution in [3.8, 4) is 11.5 Å². The topological polar surface area (TPSA) is 53.5 Å². The average molecular weight is 438 g/mol. The summed E-state index contributed by atoms with van der Waals surface area (Å²) in [6.45, 7) is 5.90. The number of nitrogens with one attached hydrogen (secondary N) is 1. The largest absolute Gasteiger partial charge is 0.598 e. The molecule has 0 aliphatic rings. The molecule has 0 saturated carbocycles. The maximum Gasteiger partial charge on any atom is 0.136 e. The summed E-state index contributed by atoms with van der Waals surface area (Å²) in [4.78, 5) is 0. The number of rotatable bonds is 8. The van der Waals surface area contributed by atoms with Crippen molar-refractivity contribution >= 4 is 11.4 Å². The van der Waals surface area contributed by atoms with E-state index >= 15 is 0 Å². The van der Waals surface area contributed by atoms with Crippen molar-refractivity contribution < 1.29 is 14.0 Å². The maximum atomic E-state index is 13.0. The fourth-order valence-corrected chi connectivity index (χ4v) is 4.17. The van der Waals surface area contributed by atoms with E-state index in [4.69, 9.17) is 9.47 Å².